The predicted octanol–water partition coefficient (Wildman–Crippen LogP) is 2.97. The maximum atomic E-state index is 6.12. The summed E-state index contributed by atoms with van der Waals surface area (Å²) < 4.78 is 11.5. The van der Waals surface area contributed by atoms with E-state index < -0.39 is 5.54 Å². The van der Waals surface area contributed by atoms with Crippen LogP contribution >= 0.6 is 15.9 Å². The Kier molecular flexibility index (Phi) is 3.86. The van der Waals surface area contributed by atoms with Crippen molar-refractivity contribution in [3.8, 4) is 11.5 Å². The van der Waals surface area contributed by atoms with Gasteiger partial charge < -0.3 is 15.2 Å². The molecule has 0 aliphatic rings. The zero-order valence-electron chi connectivity index (χ0n) is 10.3. The van der Waals surface area contributed by atoms with Gasteiger partial charge in [-0.1, -0.05) is 0 Å². The molecule has 90 valence electrons. The van der Waals surface area contributed by atoms with Gasteiger partial charge in [-0.2, -0.15) is 0 Å². The molecule has 2 N–H and O–H groups in total. The van der Waals surface area contributed by atoms with Gasteiger partial charge in [-0.15, -0.1) is 0 Å². The van der Waals surface area contributed by atoms with Crippen LogP contribution in [0.15, 0.2) is 10.5 Å². The molecule has 0 unspecified atom stereocenters. The smallest absolute Gasteiger partial charge is 0.175 e. The average Bonchev–Trinajstić information content (AvgIpc) is 2.19. The number of hydrogen-bond acceptors (Lipinski definition) is 3. The monoisotopic (exact) mass is 287 g/mol. The highest BCUT2D eigenvalue weighted by Crippen LogP contribution is 2.41. The number of methoxy groups -OCH3 is 2. The molecule has 0 heterocycles. The lowest BCUT2D eigenvalue weighted by Gasteiger charge is -2.24. The van der Waals surface area contributed by atoms with Crippen molar-refractivity contribution in [1.82, 2.24) is 0 Å². The van der Waals surface area contributed by atoms with Crippen molar-refractivity contribution in [2.24, 2.45) is 5.73 Å². The topological polar surface area (TPSA) is 44.5 Å². The summed E-state index contributed by atoms with van der Waals surface area (Å²) in [4.78, 5) is 0. The molecule has 0 bridgehead atoms. The van der Waals surface area contributed by atoms with E-state index in [4.69, 9.17) is 15.2 Å². The fourth-order valence-corrected chi connectivity index (χ4v) is 2.28. The van der Waals surface area contributed by atoms with Crippen LogP contribution in [-0.2, 0) is 5.54 Å². The summed E-state index contributed by atoms with van der Waals surface area (Å²) in [7, 11) is 3.24. The van der Waals surface area contributed by atoms with Gasteiger partial charge in [-0.3, -0.25) is 0 Å². The summed E-state index contributed by atoms with van der Waals surface area (Å²) in [6, 6.07) is 1.93. The summed E-state index contributed by atoms with van der Waals surface area (Å²) >= 11 is 3.51. The highest BCUT2D eigenvalue weighted by atomic mass is 79.9. The van der Waals surface area contributed by atoms with Crippen LogP contribution in [0, 0.1) is 6.92 Å². The Labute approximate surface area is 105 Å². The van der Waals surface area contributed by atoms with Crippen molar-refractivity contribution in [1.29, 1.82) is 0 Å². The molecular weight excluding hydrogens is 270 g/mol. The fraction of sp³-hybridized carbons (Fsp3) is 0.500. The Morgan fingerprint density at radius 2 is 1.81 bits per heavy atom. The van der Waals surface area contributed by atoms with Crippen LogP contribution in [-0.4, -0.2) is 14.2 Å². The molecule has 0 aromatic heterocycles. The van der Waals surface area contributed by atoms with Crippen molar-refractivity contribution in [3.63, 3.8) is 0 Å². The van der Waals surface area contributed by atoms with Crippen LogP contribution in [0.3, 0.4) is 0 Å². The van der Waals surface area contributed by atoms with E-state index in [-0.39, 0.29) is 0 Å². The van der Waals surface area contributed by atoms with Gasteiger partial charge in [0.05, 0.1) is 18.7 Å². The fourth-order valence-electron chi connectivity index (χ4n) is 1.71. The first-order valence-electron chi connectivity index (χ1n) is 5.03. The van der Waals surface area contributed by atoms with Gasteiger partial charge in [-0.05, 0) is 53.9 Å². The van der Waals surface area contributed by atoms with Gasteiger partial charge in [0.25, 0.3) is 0 Å². The maximum absolute atomic E-state index is 6.12. The maximum Gasteiger partial charge on any atom is 0.175 e. The zero-order chi connectivity index (χ0) is 12.5. The van der Waals surface area contributed by atoms with E-state index in [0.29, 0.717) is 11.5 Å². The Balaban J connectivity index is 3.51. The third-order valence-electron chi connectivity index (χ3n) is 2.55. The number of hydrogen-bond donors (Lipinski definition) is 1. The zero-order valence-corrected chi connectivity index (χ0v) is 11.9. The molecule has 0 atom stereocenters. The average molecular weight is 288 g/mol. The molecule has 0 aliphatic carbocycles. The van der Waals surface area contributed by atoms with Gasteiger partial charge in [0, 0.05) is 5.54 Å². The third kappa shape index (κ3) is 2.33. The van der Waals surface area contributed by atoms with Gasteiger partial charge >= 0.3 is 0 Å². The van der Waals surface area contributed by atoms with Crippen molar-refractivity contribution in [2.45, 2.75) is 26.3 Å². The molecule has 0 spiro atoms. The van der Waals surface area contributed by atoms with Crippen molar-refractivity contribution in [3.05, 3.63) is 21.7 Å². The lowest BCUT2D eigenvalue weighted by atomic mass is 9.91. The summed E-state index contributed by atoms with van der Waals surface area (Å²) in [5.74, 6) is 1.39. The minimum atomic E-state index is -0.411. The molecule has 0 saturated carbocycles. The summed E-state index contributed by atoms with van der Waals surface area (Å²) in [6.07, 6.45) is 0. The van der Waals surface area contributed by atoms with Crippen LogP contribution in [0.1, 0.15) is 25.0 Å². The van der Waals surface area contributed by atoms with E-state index in [1.54, 1.807) is 14.2 Å². The third-order valence-corrected chi connectivity index (χ3v) is 3.50. The number of nitrogens with two attached hydrogens (primary N) is 1. The van der Waals surface area contributed by atoms with Crippen LogP contribution in [0.4, 0.5) is 0 Å². The number of halogens is 1. The largest absolute Gasteiger partial charge is 0.493 e. The Bertz CT molecular complexity index is 397. The van der Waals surface area contributed by atoms with E-state index in [1.807, 2.05) is 26.8 Å². The molecule has 4 heteroatoms. The van der Waals surface area contributed by atoms with Gasteiger partial charge in [0.2, 0.25) is 0 Å². The van der Waals surface area contributed by atoms with E-state index in [1.165, 1.54) is 0 Å². The Morgan fingerprint density at radius 3 is 2.19 bits per heavy atom. The van der Waals surface area contributed by atoms with E-state index in [0.717, 1.165) is 15.6 Å². The molecule has 0 fully saturated rings. The van der Waals surface area contributed by atoms with Crippen LogP contribution in [0.5, 0.6) is 11.5 Å². The van der Waals surface area contributed by atoms with Crippen LogP contribution in [0.25, 0.3) is 0 Å². The van der Waals surface area contributed by atoms with Crippen LogP contribution in [0.2, 0.25) is 0 Å². The second kappa shape index (κ2) is 4.63. The lowest BCUT2D eigenvalue weighted by Crippen LogP contribution is -2.29. The molecule has 0 amide bonds. The molecule has 0 saturated heterocycles. The first kappa shape index (κ1) is 13.3. The number of ether oxygens (including phenoxy) is 2. The highest BCUT2D eigenvalue weighted by molar-refractivity contribution is 9.10. The minimum absolute atomic E-state index is 0.411. The van der Waals surface area contributed by atoms with Gasteiger partial charge in [-0.25, -0.2) is 0 Å². The summed E-state index contributed by atoms with van der Waals surface area (Å²) in [6.45, 7) is 5.94. The standard InChI is InChI=1S/C12H18BrNO2/c1-7-8(12(2,3)14)6-9(15-4)11(16-5)10(7)13/h6H,14H2,1-5H3. The first-order chi connectivity index (χ1) is 7.32. The molecule has 1 rings (SSSR count). The van der Waals surface area contributed by atoms with Crippen molar-refractivity contribution >= 4 is 15.9 Å². The van der Waals surface area contributed by atoms with Crippen molar-refractivity contribution < 1.29 is 9.47 Å². The van der Waals surface area contributed by atoms with Gasteiger partial charge in [0.1, 0.15) is 0 Å². The summed E-state index contributed by atoms with van der Waals surface area (Å²) in [5.41, 5.74) is 7.83. The SMILES string of the molecule is COc1cc(C(C)(C)N)c(C)c(Br)c1OC. The predicted molar refractivity (Wildman–Crippen MR) is 69.2 cm³/mol. The normalized spacial score (nSPS) is 11.4. The van der Waals surface area contributed by atoms with E-state index in [2.05, 4.69) is 15.9 Å². The number of rotatable bonds is 3. The number of benzene rings is 1. The molecule has 1 aromatic rings. The molecule has 1 aromatic carbocycles. The summed E-state index contributed by atoms with van der Waals surface area (Å²) in [5, 5.41) is 0. The molecule has 16 heavy (non-hydrogen) atoms. The highest BCUT2D eigenvalue weighted by Gasteiger charge is 2.23. The molecule has 0 aliphatic heterocycles. The van der Waals surface area contributed by atoms with E-state index in [9.17, 15) is 0 Å². The Morgan fingerprint density at radius 1 is 1.25 bits per heavy atom. The molecular formula is C12H18BrNO2. The first-order valence-corrected chi connectivity index (χ1v) is 5.82. The second-order valence-corrected chi connectivity index (χ2v) is 5.11. The quantitative estimate of drug-likeness (QED) is 0.930. The second-order valence-electron chi connectivity index (χ2n) is 4.32. The Hall–Kier alpha value is -0.740. The molecule has 0 radical (unpaired) electrons. The van der Waals surface area contributed by atoms with Gasteiger partial charge in [0.15, 0.2) is 11.5 Å². The van der Waals surface area contributed by atoms with E-state index >= 15 is 0 Å². The molecule has 3 nitrogen and oxygen atoms in total. The van der Waals surface area contributed by atoms with Crippen molar-refractivity contribution in [2.75, 3.05) is 14.2 Å². The van der Waals surface area contributed by atoms with Crippen LogP contribution < -0.4 is 15.2 Å². The lowest BCUT2D eigenvalue weighted by molar-refractivity contribution is 0.351. The minimum Gasteiger partial charge on any atom is -0.493 e.